The lowest BCUT2D eigenvalue weighted by Crippen LogP contribution is -2.39. The van der Waals surface area contributed by atoms with Gasteiger partial charge in [-0.2, -0.15) is 0 Å². The molecule has 2 aliphatic rings. The summed E-state index contributed by atoms with van der Waals surface area (Å²) in [5.74, 6) is -0.598. The molecule has 3 aromatic rings. The van der Waals surface area contributed by atoms with Crippen molar-refractivity contribution in [3.63, 3.8) is 0 Å². The minimum absolute atomic E-state index is 0.213. The number of carbonyl (C=O) groups excluding carboxylic acids is 1. The van der Waals surface area contributed by atoms with E-state index in [0.717, 1.165) is 84.9 Å². The molecule has 2 aromatic carbocycles. The van der Waals surface area contributed by atoms with Crippen molar-refractivity contribution >= 4 is 11.7 Å². The van der Waals surface area contributed by atoms with E-state index in [1.165, 1.54) is 23.3 Å². The van der Waals surface area contributed by atoms with Gasteiger partial charge in [-0.1, -0.05) is 38.1 Å². The highest BCUT2D eigenvalue weighted by Crippen LogP contribution is 2.45. The van der Waals surface area contributed by atoms with Crippen LogP contribution in [0.5, 0.6) is 0 Å². The van der Waals surface area contributed by atoms with Crippen molar-refractivity contribution in [1.82, 2.24) is 9.88 Å². The van der Waals surface area contributed by atoms with Crippen molar-refractivity contribution in [1.29, 1.82) is 0 Å². The monoisotopic (exact) mass is 615 g/mol. The minimum atomic E-state index is -0.912. The highest BCUT2D eigenvalue weighted by Gasteiger charge is 2.38. The Balaban J connectivity index is 1.61. The quantitative estimate of drug-likeness (QED) is 0.237. The number of hydrogen-bond donors (Lipinski definition) is 0. The van der Waals surface area contributed by atoms with E-state index in [1.807, 2.05) is 53.7 Å². The van der Waals surface area contributed by atoms with Gasteiger partial charge in [0.05, 0.1) is 17.4 Å². The molecule has 0 radical (unpaired) electrons. The van der Waals surface area contributed by atoms with E-state index in [4.69, 9.17) is 14.5 Å². The second-order valence-electron chi connectivity index (χ2n) is 14.9. The molecule has 2 aliphatic heterocycles. The smallest absolute Gasteiger partial charge is 0.340 e. The summed E-state index contributed by atoms with van der Waals surface area (Å²) in [7, 11) is 0. The fourth-order valence-electron chi connectivity index (χ4n) is 6.62. The molecule has 0 bridgehead atoms. The molecule has 242 valence electrons. The topological polar surface area (TPSA) is 54.9 Å². The zero-order valence-electron chi connectivity index (χ0n) is 28.6. The summed E-state index contributed by atoms with van der Waals surface area (Å²) >= 11 is 0. The van der Waals surface area contributed by atoms with Crippen LogP contribution < -0.4 is 4.90 Å². The molecule has 0 amide bonds. The number of halogens is 1. The van der Waals surface area contributed by atoms with Crippen LogP contribution in [0.4, 0.5) is 10.1 Å². The molecule has 6 nitrogen and oxygen atoms in total. The van der Waals surface area contributed by atoms with E-state index >= 15 is 0 Å². The number of ether oxygens (including phenoxy) is 2. The van der Waals surface area contributed by atoms with Gasteiger partial charge in [0.15, 0.2) is 6.10 Å². The van der Waals surface area contributed by atoms with Crippen molar-refractivity contribution in [3.8, 4) is 11.1 Å². The van der Waals surface area contributed by atoms with Gasteiger partial charge < -0.3 is 14.4 Å². The van der Waals surface area contributed by atoms with Gasteiger partial charge in [-0.25, -0.2) is 9.18 Å². The van der Waals surface area contributed by atoms with E-state index in [-0.39, 0.29) is 23.3 Å². The van der Waals surface area contributed by atoms with Crippen LogP contribution in [0.3, 0.4) is 0 Å². The van der Waals surface area contributed by atoms with Crippen LogP contribution in [0.2, 0.25) is 0 Å². The third-order valence-electron chi connectivity index (χ3n) is 8.91. The minimum Gasteiger partial charge on any atom is -0.461 e. The lowest BCUT2D eigenvalue weighted by atomic mass is 9.81. The SMILES string of the molecule is Cc1nc(C)c([C@H](OC(C)(C)C)C(=O)OC(C)C)c(N2CCC(C)(C)CC2)c1-c1ccc2c(c1)CN(Cc1ccc(F)cc1)C2. The third kappa shape index (κ3) is 7.75. The lowest BCUT2D eigenvalue weighted by molar-refractivity contribution is -0.171. The number of nitrogens with zero attached hydrogens (tertiary/aromatic N) is 3. The van der Waals surface area contributed by atoms with Crippen LogP contribution >= 0.6 is 0 Å². The zero-order chi connectivity index (χ0) is 32.7. The lowest BCUT2D eigenvalue weighted by Gasteiger charge is -2.41. The van der Waals surface area contributed by atoms with Gasteiger partial charge in [0.2, 0.25) is 0 Å². The van der Waals surface area contributed by atoms with E-state index in [2.05, 4.69) is 48.8 Å². The van der Waals surface area contributed by atoms with Crippen LogP contribution in [0.25, 0.3) is 11.1 Å². The van der Waals surface area contributed by atoms with Crippen LogP contribution in [0.15, 0.2) is 42.5 Å². The number of carbonyl (C=O) groups is 1. The van der Waals surface area contributed by atoms with Gasteiger partial charge in [-0.15, -0.1) is 0 Å². The maximum atomic E-state index is 13.8. The van der Waals surface area contributed by atoms with Gasteiger partial charge in [-0.05, 0) is 107 Å². The third-order valence-corrected chi connectivity index (χ3v) is 8.91. The second-order valence-corrected chi connectivity index (χ2v) is 14.9. The average Bonchev–Trinajstić information content (AvgIpc) is 3.33. The number of fused-ring (bicyclic) bond motifs is 1. The summed E-state index contributed by atoms with van der Waals surface area (Å²) in [5.41, 5.74) is 9.06. The Morgan fingerprint density at radius 3 is 2.24 bits per heavy atom. The standard InChI is InChI=1S/C38H50FN3O3/c1-24(2)44-36(43)35(45-37(5,6)7)33-26(4)40-25(3)32(34(33)42-18-16-38(8,9)17-19-42)28-12-13-29-22-41(23-30(29)20-28)21-27-10-14-31(39)15-11-27/h10-15,20,24,35H,16-19,21-23H2,1-9H3/t35-/m0/s1. The molecule has 0 spiro atoms. The Kier molecular flexibility index (Phi) is 9.44. The van der Waals surface area contributed by atoms with Crippen molar-refractivity contribution in [2.75, 3.05) is 18.0 Å². The molecule has 45 heavy (non-hydrogen) atoms. The fraction of sp³-hybridized carbons (Fsp3) is 0.526. The molecule has 0 N–H and O–H groups in total. The summed E-state index contributed by atoms with van der Waals surface area (Å²) in [6.07, 6.45) is 0.923. The number of anilines is 1. The van der Waals surface area contributed by atoms with Crippen molar-refractivity contribution in [2.45, 2.75) is 113 Å². The molecule has 7 heteroatoms. The summed E-state index contributed by atoms with van der Waals surface area (Å²) in [6.45, 7) is 22.6. The van der Waals surface area contributed by atoms with E-state index < -0.39 is 11.7 Å². The number of aromatic nitrogens is 1. The van der Waals surface area contributed by atoms with Crippen LogP contribution in [-0.2, 0) is 33.9 Å². The predicted molar refractivity (Wildman–Crippen MR) is 179 cm³/mol. The fourth-order valence-corrected chi connectivity index (χ4v) is 6.62. The van der Waals surface area contributed by atoms with Gasteiger partial charge in [0, 0.05) is 55.2 Å². The summed E-state index contributed by atoms with van der Waals surface area (Å²) < 4.78 is 25.8. The van der Waals surface area contributed by atoms with Crippen LogP contribution in [0, 0.1) is 25.1 Å². The Morgan fingerprint density at radius 2 is 1.62 bits per heavy atom. The number of benzene rings is 2. The first kappa shape index (κ1) is 33.1. The first-order chi connectivity index (χ1) is 21.1. The average molecular weight is 616 g/mol. The van der Waals surface area contributed by atoms with Crippen LogP contribution in [0.1, 0.15) is 101 Å². The van der Waals surface area contributed by atoms with Crippen LogP contribution in [-0.4, -0.2) is 40.6 Å². The Labute approximate surface area is 268 Å². The van der Waals surface area contributed by atoms with Crippen molar-refractivity contribution in [2.24, 2.45) is 5.41 Å². The molecule has 5 rings (SSSR count). The molecular weight excluding hydrogens is 565 g/mol. The number of esters is 1. The number of pyridine rings is 1. The molecule has 0 aliphatic carbocycles. The van der Waals surface area contributed by atoms with Crippen molar-refractivity contribution < 1.29 is 18.7 Å². The normalized spacial score (nSPS) is 17.4. The first-order valence-electron chi connectivity index (χ1n) is 16.3. The molecule has 1 fully saturated rings. The van der Waals surface area contributed by atoms with E-state index in [0.29, 0.717) is 0 Å². The number of aryl methyl sites for hydroxylation is 2. The first-order valence-corrected chi connectivity index (χ1v) is 16.3. The van der Waals surface area contributed by atoms with Gasteiger partial charge >= 0.3 is 5.97 Å². The molecule has 0 unspecified atom stereocenters. The highest BCUT2D eigenvalue weighted by molar-refractivity contribution is 5.88. The molecular formula is C38H50FN3O3. The summed E-state index contributed by atoms with van der Waals surface area (Å²) in [5, 5.41) is 0. The maximum absolute atomic E-state index is 13.8. The second kappa shape index (κ2) is 12.8. The molecule has 1 aromatic heterocycles. The Morgan fingerprint density at radius 1 is 0.978 bits per heavy atom. The Hall–Kier alpha value is -3.29. The Bertz CT molecular complexity index is 1530. The van der Waals surface area contributed by atoms with Gasteiger partial charge in [0.25, 0.3) is 0 Å². The molecule has 3 heterocycles. The van der Waals surface area contributed by atoms with E-state index in [1.54, 1.807) is 0 Å². The maximum Gasteiger partial charge on any atom is 0.340 e. The number of piperidine rings is 1. The zero-order valence-corrected chi connectivity index (χ0v) is 28.6. The summed E-state index contributed by atoms with van der Waals surface area (Å²) in [6, 6.07) is 13.5. The molecule has 1 saturated heterocycles. The number of rotatable bonds is 8. The predicted octanol–water partition coefficient (Wildman–Crippen LogP) is 8.45. The van der Waals surface area contributed by atoms with Crippen molar-refractivity contribution in [3.05, 3.63) is 81.9 Å². The number of hydrogen-bond acceptors (Lipinski definition) is 6. The van der Waals surface area contributed by atoms with Gasteiger partial charge in [0.1, 0.15) is 5.82 Å². The largest absolute Gasteiger partial charge is 0.461 e. The summed E-state index contributed by atoms with van der Waals surface area (Å²) in [4.78, 5) is 23.7. The molecule has 1 atom stereocenters. The molecule has 0 saturated carbocycles. The highest BCUT2D eigenvalue weighted by atomic mass is 19.1. The van der Waals surface area contributed by atoms with Gasteiger partial charge in [-0.3, -0.25) is 9.88 Å². The van der Waals surface area contributed by atoms with E-state index in [9.17, 15) is 9.18 Å².